The molecule has 0 amide bonds. The van der Waals surface area contributed by atoms with Crippen molar-refractivity contribution < 1.29 is 14.7 Å². The van der Waals surface area contributed by atoms with Crippen LogP contribution >= 0.6 is 7.94 Å². The Morgan fingerprint density at radius 2 is 0.862 bits per heavy atom. The van der Waals surface area contributed by atoms with Gasteiger partial charge in [-0.05, 0) is 0 Å². The summed E-state index contributed by atoms with van der Waals surface area (Å²) in [7, 11) is 2.41. The molecule has 3 aromatic heterocycles. The average Bonchev–Trinajstić information content (AvgIpc) is 3.35. The second-order valence-electron chi connectivity index (χ2n) is 6.39. The summed E-state index contributed by atoms with van der Waals surface area (Å²) in [6, 6.07) is 0. The second-order valence-corrected chi connectivity index (χ2v) is 8.34. The van der Waals surface area contributed by atoms with Crippen LogP contribution in [0.4, 0.5) is 0 Å². The zero-order valence-electron chi connectivity index (χ0n) is 18.6. The summed E-state index contributed by atoms with van der Waals surface area (Å²) in [5.74, 6) is 3.43. The fourth-order valence-corrected chi connectivity index (χ4v) is 2.21. The molecule has 0 aromatic carbocycles. The summed E-state index contributed by atoms with van der Waals surface area (Å²) in [5, 5.41) is 0. The van der Waals surface area contributed by atoms with Crippen LogP contribution in [0.25, 0.3) is 0 Å². The predicted molar refractivity (Wildman–Crippen MR) is 119 cm³/mol. The summed E-state index contributed by atoms with van der Waals surface area (Å²) < 4.78 is 6.08. The first-order valence-electron chi connectivity index (χ1n) is 9.59. The fraction of sp³-hybridized carbons (Fsp3) is 0.526. The summed E-state index contributed by atoms with van der Waals surface area (Å²) in [6.07, 6.45) is 14.4. The van der Waals surface area contributed by atoms with Gasteiger partial charge in [0.1, 0.15) is 17.5 Å². The van der Waals surface area contributed by atoms with Gasteiger partial charge in [-0.15, -0.1) is 0 Å². The molecule has 0 saturated heterocycles. The van der Waals surface area contributed by atoms with Crippen molar-refractivity contribution in [3.63, 3.8) is 0 Å². The van der Waals surface area contributed by atoms with E-state index in [2.05, 4.69) is 35.7 Å². The molecule has 0 unspecified atom stereocenters. The van der Waals surface area contributed by atoms with E-state index in [4.69, 9.17) is 14.7 Å². The Morgan fingerprint density at radius 3 is 0.931 bits per heavy atom. The van der Waals surface area contributed by atoms with E-state index in [1.54, 1.807) is 0 Å². The molecule has 3 aromatic rings. The van der Waals surface area contributed by atoms with Crippen molar-refractivity contribution in [1.29, 1.82) is 0 Å². The molecule has 9 nitrogen and oxygen atoms in total. The molecule has 0 aliphatic carbocycles. The van der Waals surface area contributed by atoms with Crippen LogP contribution in [0.2, 0.25) is 0 Å². The Bertz CT molecular complexity index is 690. The molecule has 3 heterocycles. The van der Waals surface area contributed by atoms with E-state index < -0.39 is 7.94 Å². The Labute approximate surface area is 174 Å². The molecule has 29 heavy (non-hydrogen) atoms. The Hall–Kier alpha value is -2.06. The van der Waals surface area contributed by atoms with Gasteiger partial charge in [0.25, 0.3) is 0 Å². The van der Waals surface area contributed by atoms with Crippen LogP contribution in [0.3, 0.4) is 0 Å². The number of imidazole rings is 3. The fourth-order valence-electron chi connectivity index (χ4n) is 2.21. The molecule has 0 aliphatic heterocycles. The van der Waals surface area contributed by atoms with Crippen molar-refractivity contribution in [1.82, 2.24) is 28.7 Å². The van der Waals surface area contributed by atoms with E-state index in [1.165, 1.54) is 0 Å². The molecular formula is C19H37N6O3P. The molecule has 3 rings (SSSR count). The number of rotatable bonds is 3. The van der Waals surface area contributed by atoms with Gasteiger partial charge in [0.05, 0.1) is 0 Å². The molecule has 0 radical (unpaired) electrons. The van der Waals surface area contributed by atoms with Gasteiger partial charge in [-0.2, -0.15) is 0 Å². The van der Waals surface area contributed by atoms with Gasteiger partial charge in [0.15, 0.2) is 0 Å². The van der Waals surface area contributed by atoms with Crippen LogP contribution in [0, 0.1) is 0 Å². The molecule has 0 saturated carbocycles. The van der Waals surface area contributed by atoms with Gasteiger partial charge in [-0.1, -0.05) is 20.8 Å². The van der Waals surface area contributed by atoms with Crippen LogP contribution in [-0.4, -0.2) is 50.0 Å². The number of hydrogen-bond donors (Lipinski definition) is 3. The first-order chi connectivity index (χ1) is 13.5. The number of hydrogen-bond acceptors (Lipinski definition) is 6. The van der Waals surface area contributed by atoms with Crippen molar-refractivity contribution in [3.05, 3.63) is 54.7 Å². The Balaban J connectivity index is 0.000000367. The van der Waals surface area contributed by atoms with Crippen LogP contribution in [0.15, 0.2) is 37.2 Å². The SMILES string of the molecule is CCc1nccn1C.CCc1nccn1C.CCc1nccn1C.C[PH](O)(O)O. The monoisotopic (exact) mass is 428 g/mol. The van der Waals surface area contributed by atoms with Gasteiger partial charge >= 0.3 is 29.3 Å². The zero-order valence-corrected chi connectivity index (χ0v) is 19.6. The molecule has 0 bridgehead atoms. The molecule has 0 atom stereocenters. The minimum atomic E-state index is -3.61. The van der Waals surface area contributed by atoms with E-state index in [-0.39, 0.29) is 0 Å². The van der Waals surface area contributed by atoms with Crippen LogP contribution in [0.5, 0.6) is 0 Å². The predicted octanol–water partition coefficient (Wildman–Crippen LogP) is 2.04. The van der Waals surface area contributed by atoms with Gasteiger partial charge < -0.3 is 13.7 Å². The van der Waals surface area contributed by atoms with E-state index in [1.807, 2.05) is 72.0 Å². The molecule has 0 spiro atoms. The van der Waals surface area contributed by atoms with E-state index in [0.717, 1.165) is 43.4 Å². The summed E-state index contributed by atoms with van der Waals surface area (Å²) in [4.78, 5) is 35.6. The standard InChI is InChI=1S/3C6H10N2.CH7O3P/c3*1-3-6-7-4-5-8(6)2;1-5(2,3)4/h3*4-5H,3H2,1-2H3;2-5H,1H3. The third-order valence-corrected chi connectivity index (χ3v) is 3.71. The van der Waals surface area contributed by atoms with Crippen LogP contribution in [0.1, 0.15) is 38.2 Å². The van der Waals surface area contributed by atoms with Crippen molar-refractivity contribution in [3.8, 4) is 0 Å². The van der Waals surface area contributed by atoms with Gasteiger partial charge in [-0.3, -0.25) is 0 Å². The number of nitrogens with zero attached hydrogens (tertiary/aromatic N) is 6. The van der Waals surface area contributed by atoms with Crippen LogP contribution in [-0.2, 0) is 40.4 Å². The summed E-state index contributed by atoms with van der Waals surface area (Å²) >= 11 is 0. The molecule has 166 valence electrons. The van der Waals surface area contributed by atoms with Crippen LogP contribution < -0.4 is 0 Å². The van der Waals surface area contributed by atoms with Crippen molar-refractivity contribution in [2.24, 2.45) is 21.1 Å². The number of aryl methyl sites for hydroxylation is 6. The quantitative estimate of drug-likeness (QED) is 0.550. The summed E-state index contributed by atoms with van der Waals surface area (Å²) in [5.41, 5.74) is 0. The first kappa shape index (κ1) is 26.9. The zero-order chi connectivity index (χ0) is 22.4. The maximum atomic E-state index is 7.77. The Morgan fingerprint density at radius 1 is 0.655 bits per heavy atom. The number of aromatic nitrogens is 6. The minimum absolute atomic E-state index is 0.993. The van der Waals surface area contributed by atoms with Gasteiger partial charge in [0, 0.05) is 77.6 Å². The van der Waals surface area contributed by atoms with Crippen molar-refractivity contribution in [2.45, 2.75) is 40.0 Å². The molecule has 10 heteroatoms. The average molecular weight is 429 g/mol. The molecule has 0 aliphatic rings. The maximum absolute atomic E-state index is 7.77. The first-order valence-corrected chi connectivity index (χ1v) is 11.9. The van der Waals surface area contributed by atoms with Crippen molar-refractivity contribution >= 4 is 7.94 Å². The van der Waals surface area contributed by atoms with Crippen molar-refractivity contribution in [2.75, 3.05) is 6.66 Å². The molecule has 3 N–H and O–H groups in total. The molecular weight excluding hydrogens is 391 g/mol. The topological polar surface area (TPSA) is 114 Å². The third-order valence-electron chi connectivity index (χ3n) is 3.71. The normalized spacial score (nSPS) is 10.7. The molecule has 0 fully saturated rings. The summed E-state index contributed by atoms with van der Waals surface area (Å²) in [6.45, 7) is 7.29. The van der Waals surface area contributed by atoms with E-state index in [9.17, 15) is 0 Å². The van der Waals surface area contributed by atoms with Gasteiger partial charge in [-0.25, -0.2) is 15.0 Å². The second kappa shape index (κ2) is 14.0. The Kier molecular flexibility index (Phi) is 13.0. The third kappa shape index (κ3) is 12.9. The van der Waals surface area contributed by atoms with Gasteiger partial charge in [0.2, 0.25) is 0 Å². The van der Waals surface area contributed by atoms with E-state index >= 15 is 0 Å². The van der Waals surface area contributed by atoms with E-state index in [0.29, 0.717) is 0 Å².